The Balaban J connectivity index is 1.59. The number of ether oxygens (including phenoxy) is 1. The van der Waals surface area contributed by atoms with E-state index in [0.717, 1.165) is 18.7 Å². The highest BCUT2D eigenvalue weighted by atomic mass is 16.5. The summed E-state index contributed by atoms with van der Waals surface area (Å²) >= 11 is 0. The van der Waals surface area contributed by atoms with Gasteiger partial charge in [-0.25, -0.2) is 0 Å². The van der Waals surface area contributed by atoms with Crippen LogP contribution in [0, 0.1) is 0 Å². The maximum Gasteiger partial charge on any atom is 0.122 e. The van der Waals surface area contributed by atoms with Gasteiger partial charge in [0.2, 0.25) is 0 Å². The van der Waals surface area contributed by atoms with Gasteiger partial charge in [0.25, 0.3) is 0 Å². The molecule has 0 aromatic heterocycles. The first kappa shape index (κ1) is 13.2. The van der Waals surface area contributed by atoms with E-state index in [4.69, 9.17) is 4.74 Å². The Morgan fingerprint density at radius 1 is 1.10 bits per heavy atom. The Morgan fingerprint density at radius 3 is 2.80 bits per heavy atom. The number of aryl methyl sites for hydroxylation is 1. The van der Waals surface area contributed by atoms with Gasteiger partial charge in [0, 0.05) is 6.04 Å². The third kappa shape index (κ3) is 2.70. The van der Waals surface area contributed by atoms with Crippen LogP contribution in [0.2, 0.25) is 0 Å². The summed E-state index contributed by atoms with van der Waals surface area (Å²) in [6, 6.07) is 17.5. The third-order valence-corrected chi connectivity index (χ3v) is 4.11. The molecule has 2 aromatic carbocycles. The van der Waals surface area contributed by atoms with E-state index in [-0.39, 0.29) is 0 Å². The summed E-state index contributed by atoms with van der Waals surface area (Å²) in [5.74, 6) is 0.987. The highest BCUT2D eigenvalue weighted by molar-refractivity contribution is 5.35. The number of benzene rings is 2. The topological polar surface area (TPSA) is 21.3 Å². The quantitative estimate of drug-likeness (QED) is 0.895. The average Bonchev–Trinajstić information content (AvgIpc) is 2.91. The molecule has 0 spiro atoms. The summed E-state index contributed by atoms with van der Waals surface area (Å²) < 4.78 is 5.40. The van der Waals surface area contributed by atoms with Crippen molar-refractivity contribution >= 4 is 0 Å². The predicted molar refractivity (Wildman–Crippen MR) is 82.2 cm³/mol. The minimum atomic E-state index is 0.515. The van der Waals surface area contributed by atoms with Gasteiger partial charge in [0.1, 0.15) is 5.75 Å². The maximum atomic E-state index is 5.40. The molecule has 0 aliphatic heterocycles. The predicted octanol–water partition coefficient (Wildman–Crippen LogP) is 3.51. The highest BCUT2D eigenvalue weighted by Gasteiger charge is 2.20. The van der Waals surface area contributed by atoms with E-state index in [1.54, 1.807) is 7.11 Å². The van der Waals surface area contributed by atoms with Crippen LogP contribution < -0.4 is 10.1 Å². The second-order valence-electron chi connectivity index (χ2n) is 5.31. The number of para-hydroxylation sites is 1. The van der Waals surface area contributed by atoms with Gasteiger partial charge in [-0.3, -0.25) is 0 Å². The summed E-state index contributed by atoms with van der Waals surface area (Å²) in [7, 11) is 1.74. The van der Waals surface area contributed by atoms with E-state index >= 15 is 0 Å². The largest absolute Gasteiger partial charge is 0.496 e. The monoisotopic (exact) mass is 267 g/mol. The van der Waals surface area contributed by atoms with Crippen LogP contribution in [0.5, 0.6) is 5.75 Å². The lowest BCUT2D eigenvalue weighted by Gasteiger charge is -2.15. The second kappa shape index (κ2) is 6.10. The second-order valence-corrected chi connectivity index (χ2v) is 5.31. The SMILES string of the molecule is COc1ccccc1CCNC1CCc2ccccc21. The van der Waals surface area contributed by atoms with Crippen LogP contribution in [0.3, 0.4) is 0 Å². The molecule has 1 aliphatic rings. The van der Waals surface area contributed by atoms with Gasteiger partial charge in [0.15, 0.2) is 0 Å². The lowest BCUT2D eigenvalue weighted by atomic mass is 10.1. The number of fused-ring (bicyclic) bond motifs is 1. The van der Waals surface area contributed by atoms with Gasteiger partial charge in [0.05, 0.1) is 7.11 Å². The van der Waals surface area contributed by atoms with Crippen molar-refractivity contribution in [2.75, 3.05) is 13.7 Å². The summed E-state index contributed by atoms with van der Waals surface area (Å²) in [4.78, 5) is 0. The zero-order chi connectivity index (χ0) is 13.8. The van der Waals surface area contributed by atoms with Gasteiger partial charge in [-0.15, -0.1) is 0 Å². The van der Waals surface area contributed by atoms with Crippen LogP contribution in [0.25, 0.3) is 0 Å². The molecule has 1 aliphatic carbocycles. The smallest absolute Gasteiger partial charge is 0.122 e. The van der Waals surface area contributed by atoms with Gasteiger partial charge >= 0.3 is 0 Å². The van der Waals surface area contributed by atoms with Crippen molar-refractivity contribution < 1.29 is 4.74 Å². The first-order valence-corrected chi connectivity index (χ1v) is 7.31. The molecule has 0 amide bonds. The first-order valence-electron chi connectivity index (χ1n) is 7.31. The number of hydrogen-bond acceptors (Lipinski definition) is 2. The molecule has 1 unspecified atom stereocenters. The summed E-state index contributed by atoms with van der Waals surface area (Å²) in [5.41, 5.74) is 4.25. The van der Waals surface area contributed by atoms with Crippen molar-refractivity contribution in [2.24, 2.45) is 0 Å². The number of nitrogens with one attached hydrogen (secondary N) is 1. The van der Waals surface area contributed by atoms with Crippen molar-refractivity contribution in [3.8, 4) is 5.75 Å². The van der Waals surface area contributed by atoms with Gasteiger partial charge in [-0.05, 0) is 48.6 Å². The normalized spacial score (nSPS) is 16.9. The molecule has 2 nitrogen and oxygen atoms in total. The first-order chi connectivity index (χ1) is 9.88. The lowest BCUT2D eigenvalue weighted by molar-refractivity contribution is 0.408. The Kier molecular flexibility index (Phi) is 4.03. The van der Waals surface area contributed by atoms with Crippen molar-refractivity contribution in [3.63, 3.8) is 0 Å². The average molecular weight is 267 g/mol. The number of rotatable bonds is 5. The molecule has 0 heterocycles. The van der Waals surface area contributed by atoms with E-state index in [2.05, 4.69) is 41.7 Å². The van der Waals surface area contributed by atoms with E-state index in [1.165, 1.54) is 29.5 Å². The van der Waals surface area contributed by atoms with Crippen molar-refractivity contribution in [1.82, 2.24) is 5.32 Å². The van der Waals surface area contributed by atoms with Gasteiger partial charge < -0.3 is 10.1 Å². The van der Waals surface area contributed by atoms with Gasteiger partial charge in [-0.2, -0.15) is 0 Å². The molecule has 0 saturated heterocycles. The molecule has 2 aromatic rings. The molecule has 1 N–H and O–H groups in total. The van der Waals surface area contributed by atoms with Crippen molar-refractivity contribution in [2.45, 2.75) is 25.3 Å². The maximum absolute atomic E-state index is 5.40. The van der Waals surface area contributed by atoms with Crippen LogP contribution >= 0.6 is 0 Å². The van der Waals surface area contributed by atoms with E-state index in [0.29, 0.717) is 6.04 Å². The molecular formula is C18H21NO. The number of hydrogen-bond donors (Lipinski definition) is 1. The van der Waals surface area contributed by atoms with Gasteiger partial charge in [-0.1, -0.05) is 42.5 Å². The molecule has 1 atom stereocenters. The Morgan fingerprint density at radius 2 is 1.90 bits per heavy atom. The molecule has 104 valence electrons. The van der Waals surface area contributed by atoms with Crippen LogP contribution in [0.15, 0.2) is 48.5 Å². The molecule has 3 rings (SSSR count). The molecule has 0 radical (unpaired) electrons. The molecule has 0 fully saturated rings. The van der Waals surface area contributed by atoms with E-state index in [9.17, 15) is 0 Å². The fourth-order valence-electron chi connectivity index (χ4n) is 3.06. The molecule has 0 saturated carbocycles. The summed E-state index contributed by atoms with van der Waals surface area (Å²) in [6.45, 7) is 0.985. The zero-order valence-corrected chi connectivity index (χ0v) is 11.9. The van der Waals surface area contributed by atoms with Crippen LogP contribution in [-0.4, -0.2) is 13.7 Å². The Labute approximate surface area is 120 Å². The van der Waals surface area contributed by atoms with Crippen LogP contribution in [0.4, 0.5) is 0 Å². The standard InChI is InChI=1S/C18H21NO/c1-20-18-9-5-3-7-15(18)12-13-19-17-11-10-14-6-2-4-8-16(14)17/h2-9,17,19H,10-13H2,1H3. The minimum Gasteiger partial charge on any atom is -0.496 e. The molecular weight excluding hydrogens is 246 g/mol. The van der Waals surface area contributed by atoms with E-state index in [1.807, 2.05) is 12.1 Å². The molecule has 20 heavy (non-hydrogen) atoms. The molecule has 2 heteroatoms. The fourth-order valence-corrected chi connectivity index (χ4v) is 3.06. The highest BCUT2D eigenvalue weighted by Crippen LogP contribution is 2.30. The minimum absolute atomic E-state index is 0.515. The third-order valence-electron chi connectivity index (χ3n) is 4.11. The summed E-state index contributed by atoms with van der Waals surface area (Å²) in [6.07, 6.45) is 3.41. The Bertz CT molecular complexity index is 579. The summed E-state index contributed by atoms with van der Waals surface area (Å²) in [5, 5.41) is 3.68. The van der Waals surface area contributed by atoms with Crippen molar-refractivity contribution in [1.29, 1.82) is 0 Å². The van der Waals surface area contributed by atoms with Crippen molar-refractivity contribution in [3.05, 3.63) is 65.2 Å². The van der Waals surface area contributed by atoms with Crippen LogP contribution in [-0.2, 0) is 12.8 Å². The van der Waals surface area contributed by atoms with E-state index < -0.39 is 0 Å². The Hall–Kier alpha value is -1.80. The fraction of sp³-hybridized carbons (Fsp3) is 0.333. The lowest BCUT2D eigenvalue weighted by Crippen LogP contribution is -2.22. The number of methoxy groups -OCH3 is 1. The zero-order valence-electron chi connectivity index (χ0n) is 11.9. The van der Waals surface area contributed by atoms with Crippen LogP contribution in [0.1, 0.15) is 29.2 Å². The molecule has 0 bridgehead atoms.